The molecule has 0 saturated carbocycles. The van der Waals surface area contributed by atoms with Gasteiger partial charge >= 0.3 is 5.97 Å². The van der Waals surface area contributed by atoms with E-state index in [1.54, 1.807) is 0 Å². The number of hydrogen-bond acceptors (Lipinski definition) is 3. The van der Waals surface area contributed by atoms with Gasteiger partial charge in [0.15, 0.2) is 0 Å². The number of carbonyl (C=O) groups excluding carboxylic acids is 1. The molecule has 0 aliphatic rings. The van der Waals surface area contributed by atoms with Crippen LogP contribution in [-0.2, 0) is 16.1 Å². The molecule has 100 valence electrons. The molecule has 18 heavy (non-hydrogen) atoms. The molecule has 0 bridgehead atoms. The quantitative estimate of drug-likeness (QED) is 0.755. The van der Waals surface area contributed by atoms with Crippen LogP contribution in [-0.4, -0.2) is 18.6 Å². The van der Waals surface area contributed by atoms with Gasteiger partial charge in [-0.25, -0.2) is 0 Å². The van der Waals surface area contributed by atoms with Gasteiger partial charge < -0.3 is 10.1 Å². The molecule has 1 rings (SSSR count). The van der Waals surface area contributed by atoms with Crippen molar-refractivity contribution >= 4 is 5.97 Å². The van der Waals surface area contributed by atoms with E-state index in [2.05, 4.69) is 19.2 Å². The molecule has 0 aliphatic carbocycles. The number of ether oxygens (including phenoxy) is 1. The number of nitrogens with one attached hydrogen (secondary N) is 1. The van der Waals surface area contributed by atoms with E-state index in [4.69, 9.17) is 4.74 Å². The maximum absolute atomic E-state index is 12.0. The lowest BCUT2D eigenvalue weighted by molar-refractivity contribution is -0.149. The molecule has 1 N–H and O–H groups in total. The number of benzene rings is 1. The summed E-state index contributed by atoms with van der Waals surface area (Å²) in [7, 11) is 0. The van der Waals surface area contributed by atoms with E-state index in [1.165, 1.54) is 0 Å². The third kappa shape index (κ3) is 4.49. The second-order valence-corrected chi connectivity index (χ2v) is 4.51. The summed E-state index contributed by atoms with van der Waals surface area (Å²) in [6.07, 6.45) is 0.956. The van der Waals surface area contributed by atoms with Crippen LogP contribution in [0.4, 0.5) is 0 Å². The van der Waals surface area contributed by atoms with Crippen molar-refractivity contribution in [2.75, 3.05) is 6.54 Å². The predicted octanol–water partition coefficient (Wildman–Crippen LogP) is 2.75. The summed E-state index contributed by atoms with van der Waals surface area (Å²) in [4.78, 5) is 12.0. The molecule has 2 atom stereocenters. The van der Waals surface area contributed by atoms with Crippen LogP contribution < -0.4 is 5.32 Å². The Balaban J connectivity index is 2.51. The Morgan fingerprint density at radius 3 is 2.50 bits per heavy atom. The lowest BCUT2D eigenvalue weighted by Gasteiger charge is -2.22. The first-order valence-corrected chi connectivity index (χ1v) is 6.63. The Labute approximate surface area is 110 Å². The second-order valence-electron chi connectivity index (χ2n) is 4.51. The second kappa shape index (κ2) is 7.88. The third-order valence-corrected chi connectivity index (χ3v) is 3.11. The SMILES string of the molecule is CCN[C@H](C(=O)OCc1ccccc1)[C@@H](C)CC. The fourth-order valence-electron chi connectivity index (χ4n) is 1.79. The molecule has 0 aliphatic heterocycles. The van der Waals surface area contributed by atoms with E-state index in [-0.39, 0.29) is 17.9 Å². The van der Waals surface area contributed by atoms with Crippen molar-refractivity contribution in [3.63, 3.8) is 0 Å². The molecule has 3 nitrogen and oxygen atoms in total. The maximum Gasteiger partial charge on any atom is 0.323 e. The van der Waals surface area contributed by atoms with E-state index in [9.17, 15) is 4.79 Å². The van der Waals surface area contributed by atoms with E-state index < -0.39 is 0 Å². The van der Waals surface area contributed by atoms with Gasteiger partial charge in [0, 0.05) is 0 Å². The van der Waals surface area contributed by atoms with Crippen LogP contribution in [0, 0.1) is 5.92 Å². The highest BCUT2D eigenvalue weighted by atomic mass is 16.5. The van der Waals surface area contributed by atoms with Crippen molar-refractivity contribution in [2.45, 2.75) is 39.8 Å². The Kier molecular flexibility index (Phi) is 6.44. The molecule has 1 aromatic carbocycles. The van der Waals surface area contributed by atoms with Gasteiger partial charge in [0.1, 0.15) is 12.6 Å². The first-order chi connectivity index (χ1) is 8.69. The molecule has 1 aromatic rings. The van der Waals surface area contributed by atoms with Crippen LogP contribution in [0.25, 0.3) is 0 Å². The average Bonchev–Trinajstić information content (AvgIpc) is 2.42. The summed E-state index contributed by atoms with van der Waals surface area (Å²) in [5.74, 6) is 0.128. The Morgan fingerprint density at radius 1 is 1.28 bits per heavy atom. The number of rotatable bonds is 7. The molecule has 0 spiro atoms. The molecule has 0 unspecified atom stereocenters. The van der Waals surface area contributed by atoms with Crippen LogP contribution in [0.3, 0.4) is 0 Å². The van der Waals surface area contributed by atoms with Gasteiger partial charge in [-0.2, -0.15) is 0 Å². The largest absolute Gasteiger partial charge is 0.460 e. The zero-order valence-corrected chi connectivity index (χ0v) is 11.5. The lowest BCUT2D eigenvalue weighted by Crippen LogP contribution is -2.42. The number of esters is 1. The summed E-state index contributed by atoms with van der Waals surface area (Å²) in [6, 6.07) is 9.55. The lowest BCUT2D eigenvalue weighted by atomic mass is 9.99. The fourth-order valence-corrected chi connectivity index (χ4v) is 1.79. The fraction of sp³-hybridized carbons (Fsp3) is 0.533. The van der Waals surface area contributed by atoms with Crippen LogP contribution in [0.5, 0.6) is 0 Å². The normalized spacial score (nSPS) is 13.9. The highest BCUT2D eigenvalue weighted by Crippen LogP contribution is 2.10. The molecule has 0 aromatic heterocycles. The molecular weight excluding hydrogens is 226 g/mol. The maximum atomic E-state index is 12.0. The highest BCUT2D eigenvalue weighted by molar-refractivity contribution is 5.76. The van der Waals surface area contributed by atoms with E-state index in [0.29, 0.717) is 6.61 Å². The summed E-state index contributed by atoms with van der Waals surface area (Å²) in [5, 5.41) is 3.19. The molecule has 3 heteroatoms. The summed E-state index contributed by atoms with van der Waals surface area (Å²) < 4.78 is 5.36. The minimum absolute atomic E-state index is 0.157. The van der Waals surface area contributed by atoms with E-state index in [0.717, 1.165) is 18.5 Å². The molecule has 0 radical (unpaired) electrons. The van der Waals surface area contributed by atoms with E-state index in [1.807, 2.05) is 37.3 Å². The van der Waals surface area contributed by atoms with Crippen LogP contribution in [0.15, 0.2) is 30.3 Å². The number of likely N-dealkylation sites (N-methyl/N-ethyl adjacent to an activating group) is 1. The first kappa shape index (κ1) is 14.7. The van der Waals surface area contributed by atoms with Crippen molar-refractivity contribution in [3.8, 4) is 0 Å². The van der Waals surface area contributed by atoms with Gasteiger partial charge in [-0.1, -0.05) is 57.5 Å². The molecule has 0 saturated heterocycles. The van der Waals surface area contributed by atoms with E-state index >= 15 is 0 Å². The van der Waals surface area contributed by atoms with Crippen LogP contribution in [0.1, 0.15) is 32.8 Å². The van der Waals surface area contributed by atoms with Crippen molar-refractivity contribution in [2.24, 2.45) is 5.92 Å². The zero-order valence-electron chi connectivity index (χ0n) is 11.5. The molecule has 0 amide bonds. The van der Waals surface area contributed by atoms with Gasteiger partial charge in [0.2, 0.25) is 0 Å². The Morgan fingerprint density at radius 2 is 1.94 bits per heavy atom. The smallest absolute Gasteiger partial charge is 0.323 e. The van der Waals surface area contributed by atoms with Gasteiger partial charge in [-0.05, 0) is 18.0 Å². The Hall–Kier alpha value is -1.35. The van der Waals surface area contributed by atoms with Crippen molar-refractivity contribution in [1.29, 1.82) is 0 Å². The Bertz CT molecular complexity index is 351. The summed E-state index contributed by atoms with van der Waals surface area (Å²) in [6.45, 7) is 7.27. The summed E-state index contributed by atoms with van der Waals surface area (Å²) >= 11 is 0. The topological polar surface area (TPSA) is 38.3 Å². The molecule has 0 heterocycles. The van der Waals surface area contributed by atoms with Gasteiger partial charge in [0.25, 0.3) is 0 Å². The number of hydrogen-bond donors (Lipinski definition) is 1. The van der Waals surface area contributed by atoms with Gasteiger partial charge in [0.05, 0.1) is 0 Å². The third-order valence-electron chi connectivity index (χ3n) is 3.11. The van der Waals surface area contributed by atoms with Gasteiger partial charge in [-0.3, -0.25) is 4.79 Å². The van der Waals surface area contributed by atoms with Gasteiger partial charge in [-0.15, -0.1) is 0 Å². The monoisotopic (exact) mass is 249 g/mol. The van der Waals surface area contributed by atoms with Crippen molar-refractivity contribution in [3.05, 3.63) is 35.9 Å². The zero-order chi connectivity index (χ0) is 13.4. The molecular formula is C15H23NO2. The van der Waals surface area contributed by atoms with Crippen LogP contribution >= 0.6 is 0 Å². The van der Waals surface area contributed by atoms with Crippen LogP contribution in [0.2, 0.25) is 0 Å². The van der Waals surface area contributed by atoms with Crippen molar-refractivity contribution < 1.29 is 9.53 Å². The van der Waals surface area contributed by atoms with Crippen molar-refractivity contribution in [1.82, 2.24) is 5.32 Å². The number of carbonyl (C=O) groups is 1. The predicted molar refractivity (Wildman–Crippen MR) is 73.2 cm³/mol. The first-order valence-electron chi connectivity index (χ1n) is 6.63. The standard InChI is InChI=1S/C15H23NO2/c1-4-12(3)14(16-5-2)15(17)18-11-13-9-7-6-8-10-13/h6-10,12,14,16H,4-5,11H2,1-3H3/t12-,14-/m0/s1. The minimum atomic E-state index is -0.205. The summed E-state index contributed by atoms with van der Waals surface area (Å²) in [5.41, 5.74) is 1.02. The molecule has 0 fully saturated rings. The highest BCUT2D eigenvalue weighted by Gasteiger charge is 2.24. The average molecular weight is 249 g/mol. The minimum Gasteiger partial charge on any atom is -0.460 e.